The summed E-state index contributed by atoms with van der Waals surface area (Å²) in [4.78, 5) is 18.3. The molecule has 2 rings (SSSR count). The maximum absolute atomic E-state index is 12.2. The number of aromatic nitrogens is 2. The van der Waals surface area contributed by atoms with E-state index in [2.05, 4.69) is 14.7 Å². The molecular weight excluding hydrogens is 264 g/mol. The van der Waals surface area contributed by atoms with Crippen LogP contribution in [0.4, 0.5) is 9.93 Å². The predicted octanol–water partition coefficient (Wildman–Crippen LogP) is 2.01. The molecule has 1 atom stereocenters. The molecule has 7 heteroatoms. The fourth-order valence-corrected chi connectivity index (χ4v) is 2.97. The highest BCUT2D eigenvalue weighted by atomic mass is 32.1. The highest BCUT2D eigenvalue weighted by Gasteiger charge is 2.26. The summed E-state index contributed by atoms with van der Waals surface area (Å²) in [6, 6.07) is 0.133. The zero-order valence-electron chi connectivity index (χ0n) is 11.1. The highest BCUT2D eigenvalue weighted by molar-refractivity contribution is 7.09. The van der Waals surface area contributed by atoms with Crippen molar-refractivity contribution in [3.05, 3.63) is 5.82 Å². The predicted molar refractivity (Wildman–Crippen MR) is 74.3 cm³/mol. The van der Waals surface area contributed by atoms with E-state index >= 15 is 0 Å². The number of piperidine rings is 1. The van der Waals surface area contributed by atoms with Crippen molar-refractivity contribution < 1.29 is 9.90 Å². The Kier molecular flexibility index (Phi) is 5.09. The lowest BCUT2D eigenvalue weighted by Crippen LogP contribution is -2.46. The van der Waals surface area contributed by atoms with Gasteiger partial charge in [0.15, 0.2) is 0 Å². The first-order chi connectivity index (χ1) is 9.20. The molecule has 0 saturated carbocycles. The number of amides is 2. The smallest absolute Gasteiger partial charge is 0.323 e. The molecule has 2 N–H and O–H groups in total. The van der Waals surface area contributed by atoms with Gasteiger partial charge >= 0.3 is 6.03 Å². The molecule has 6 nitrogen and oxygen atoms in total. The van der Waals surface area contributed by atoms with Gasteiger partial charge in [-0.25, -0.2) is 9.78 Å². The van der Waals surface area contributed by atoms with Crippen LogP contribution in [-0.4, -0.2) is 44.6 Å². The van der Waals surface area contributed by atoms with Crippen molar-refractivity contribution in [3.63, 3.8) is 0 Å². The van der Waals surface area contributed by atoms with Crippen molar-refractivity contribution in [2.75, 3.05) is 18.5 Å². The SMILES string of the molecule is Cc1nsc(NC(=O)N2CCCC[C@H]2CCCO)n1. The standard InChI is InChI=1S/C12H20N4O2S/c1-9-13-11(19-15-9)14-12(18)16-7-3-2-5-10(16)6-4-8-17/h10,17H,2-8H2,1H3,(H,13,14,15,18)/t10-/m0/s1. The first-order valence-corrected chi connectivity index (χ1v) is 7.47. The van der Waals surface area contributed by atoms with Gasteiger partial charge in [-0.05, 0) is 39.0 Å². The Morgan fingerprint density at radius 1 is 1.58 bits per heavy atom. The van der Waals surface area contributed by atoms with E-state index in [1.807, 2.05) is 4.90 Å². The van der Waals surface area contributed by atoms with Crippen LogP contribution in [0, 0.1) is 6.92 Å². The summed E-state index contributed by atoms with van der Waals surface area (Å²) in [5.41, 5.74) is 0. The van der Waals surface area contributed by atoms with Gasteiger partial charge in [-0.1, -0.05) is 0 Å². The number of hydrogen-bond donors (Lipinski definition) is 2. The van der Waals surface area contributed by atoms with Crippen LogP contribution < -0.4 is 5.32 Å². The summed E-state index contributed by atoms with van der Waals surface area (Å²) < 4.78 is 4.05. The Hall–Kier alpha value is -1.21. The van der Waals surface area contributed by atoms with Crippen LogP contribution in [0.1, 0.15) is 37.9 Å². The average molecular weight is 284 g/mol. The number of aliphatic hydroxyl groups is 1. The normalized spacial score (nSPS) is 19.5. The molecule has 0 bridgehead atoms. The van der Waals surface area contributed by atoms with E-state index in [1.165, 1.54) is 11.5 Å². The van der Waals surface area contributed by atoms with E-state index in [4.69, 9.17) is 5.11 Å². The number of nitrogens with zero attached hydrogens (tertiary/aromatic N) is 3. The van der Waals surface area contributed by atoms with Gasteiger partial charge in [-0.2, -0.15) is 4.37 Å². The van der Waals surface area contributed by atoms with E-state index < -0.39 is 0 Å². The van der Waals surface area contributed by atoms with E-state index in [9.17, 15) is 4.79 Å². The Labute approximate surface area is 117 Å². The fourth-order valence-electron chi connectivity index (χ4n) is 2.41. The molecule has 0 radical (unpaired) electrons. The molecule has 1 aliphatic heterocycles. The minimum atomic E-state index is -0.0983. The zero-order valence-corrected chi connectivity index (χ0v) is 11.9. The summed E-state index contributed by atoms with van der Waals surface area (Å²) in [5, 5.41) is 12.3. The molecule has 2 amide bonds. The van der Waals surface area contributed by atoms with Crippen molar-refractivity contribution in [1.82, 2.24) is 14.3 Å². The molecule has 1 saturated heterocycles. The van der Waals surface area contributed by atoms with Gasteiger partial charge in [0.05, 0.1) is 0 Å². The van der Waals surface area contributed by atoms with E-state index in [-0.39, 0.29) is 18.7 Å². The van der Waals surface area contributed by atoms with Crippen molar-refractivity contribution >= 4 is 22.7 Å². The molecule has 0 aromatic carbocycles. The van der Waals surface area contributed by atoms with Gasteiger partial charge < -0.3 is 10.0 Å². The van der Waals surface area contributed by atoms with Crippen LogP contribution >= 0.6 is 11.5 Å². The van der Waals surface area contributed by atoms with Gasteiger partial charge in [0.1, 0.15) is 5.82 Å². The minimum Gasteiger partial charge on any atom is -0.396 e. The molecule has 19 heavy (non-hydrogen) atoms. The number of carbonyl (C=O) groups excluding carboxylic acids is 1. The number of carbonyl (C=O) groups is 1. The van der Waals surface area contributed by atoms with Gasteiger partial charge in [0.2, 0.25) is 5.13 Å². The fraction of sp³-hybridized carbons (Fsp3) is 0.750. The molecule has 0 spiro atoms. The highest BCUT2D eigenvalue weighted by Crippen LogP contribution is 2.22. The number of rotatable bonds is 4. The molecule has 1 fully saturated rings. The second-order valence-electron chi connectivity index (χ2n) is 4.79. The Balaban J connectivity index is 1.94. The number of anilines is 1. The average Bonchev–Trinajstić information content (AvgIpc) is 2.82. The Morgan fingerprint density at radius 2 is 2.42 bits per heavy atom. The van der Waals surface area contributed by atoms with Gasteiger partial charge in [-0.3, -0.25) is 5.32 Å². The third kappa shape index (κ3) is 3.87. The summed E-state index contributed by atoms with van der Waals surface area (Å²) >= 11 is 1.20. The monoisotopic (exact) mass is 284 g/mol. The topological polar surface area (TPSA) is 78.4 Å². The lowest BCUT2D eigenvalue weighted by molar-refractivity contribution is 0.151. The number of urea groups is 1. The zero-order chi connectivity index (χ0) is 13.7. The largest absolute Gasteiger partial charge is 0.396 e. The molecule has 1 aliphatic rings. The summed E-state index contributed by atoms with van der Waals surface area (Å²) in [5.74, 6) is 0.677. The van der Waals surface area contributed by atoms with Crippen molar-refractivity contribution in [2.45, 2.75) is 45.1 Å². The third-order valence-electron chi connectivity index (χ3n) is 3.32. The quantitative estimate of drug-likeness (QED) is 0.886. The van der Waals surface area contributed by atoms with Crippen LogP contribution in [-0.2, 0) is 0 Å². The minimum absolute atomic E-state index is 0.0983. The van der Waals surface area contributed by atoms with Crippen LogP contribution in [0.3, 0.4) is 0 Å². The summed E-state index contributed by atoms with van der Waals surface area (Å²) in [6.07, 6.45) is 4.81. The van der Waals surface area contributed by atoms with Gasteiger partial charge in [0.25, 0.3) is 0 Å². The second-order valence-corrected chi connectivity index (χ2v) is 5.54. The van der Waals surface area contributed by atoms with E-state index in [0.29, 0.717) is 11.0 Å². The molecular formula is C12H20N4O2S. The van der Waals surface area contributed by atoms with Crippen LogP contribution in [0.25, 0.3) is 0 Å². The lowest BCUT2D eigenvalue weighted by Gasteiger charge is -2.35. The van der Waals surface area contributed by atoms with Gasteiger partial charge in [0, 0.05) is 30.7 Å². The first kappa shape index (κ1) is 14.2. The first-order valence-electron chi connectivity index (χ1n) is 6.69. The maximum atomic E-state index is 12.2. The van der Waals surface area contributed by atoms with Crippen LogP contribution in [0.2, 0.25) is 0 Å². The molecule has 1 aromatic rings. The van der Waals surface area contributed by atoms with Gasteiger partial charge in [-0.15, -0.1) is 0 Å². The number of likely N-dealkylation sites (tertiary alicyclic amines) is 1. The second kappa shape index (κ2) is 6.81. The van der Waals surface area contributed by atoms with Crippen LogP contribution in [0.15, 0.2) is 0 Å². The number of hydrogen-bond acceptors (Lipinski definition) is 5. The number of nitrogens with one attached hydrogen (secondary N) is 1. The van der Waals surface area contributed by atoms with E-state index in [1.54, 1.807) is 6.92 Å². The molecule has 0 aliphatic carbocycles. The number of aryl methyl sites for hydroxylation is 1. The van der Waals surface area contributed by atoms with E-state index in [0.717, 1.165) is 38.6 Å². The van der Waals surface area contributed by atoms with Crippen molar-refractivity contribution in [2.24, 2.45) is 0 Å². The summed E-state index contributed by atoms with van der Waals surface area (Å²) in [7, 11) is 0. The number of aliphatic hydroxyl groups excluding tert-OH is 1. The molecule has 106 valence electrons. The Bertz CT molecular complexity index is 424. The third-order valence-corrected chi connectivity index (χ3v) is 4.05. The maximum Gasteiger partial charge on any atom is 0.323 e. The molecule has 2 heterocycles. The van der Waals surface area contributed by atoms with Crippen molar-refractivity contribution in [3.8, 4) is 0 Å². The molecule has 0 unspecified atom stereocenters. The molecule has 1 aromatic heterocycles. The Morgan fingerprint density at radius 3 is 3.11 bits per heavy atom. The summed E-state index contributed by atoms with van der Waals surface area (Å²) in [6.45, 7) is 2.76. The van der Waals surface area contributed by atoms with Crippen molar-refractivity contribution in [1.29, 1.82) is 0 Å². The van der Waals surface area contributed by atoms with Crippen LogP contribution in [0.5, 0.6) is 0 Å². The lowest BCUT2D eigenvalue weighted by atomic mass is 9.98.